The molecular weight excluding hydrogens is 863 g/mol. The van der Waals surface area contributed by atoms with Crippen LogP contribution in [0.25, 0.3) is 28.1 Å². The Morgan fingerprint density at radius 1 is 1.03 bits per heavy atom. The van der Waals surface area contributed by atoms with Crippen molar-refractivity contribution in [2.45, 2.75) is 31.5 Å². The van der Waals surface area contributed by atoms with Crippen molar-refractivity contribution in [3.63, 3.8) is 0 Å². The van der Waals surface area contributed by atoms with Crippen LogP contribution in [0.4, 0.5) is 18.9 Å². The highest BCUT2D eigenvalue weighted by Crippen LogP contribution is 2.37. The minimum absolute atomic E-state index is 0.0239. The van der Waals surface area contributed by atoms with E-state index in [1.54, 1.807) is 21.9 Å². The van der Waals surface area contributed by atoms with E-state index in [0.717, 1.165) is 36.7 Å². The number of aliphatic hydroxyl groups excluding tert-OH is 2. The smallest absolute Gasteiger partial charge is 0.435 e. The maximum Gasteiger partial charge on any atom is 0.435 e. The fourth-order valence-electron chi connectivity index (χ4n) is 8.96. The zero-order valence-corrected chi connectivity index (χ0v) is 35.6. The summed E-state index contributed by atoms with van der Waals surface area (Å²) in [6, 6.07) is 9.03. The maximum absolute atomic E-state index is 14.4. The van der Waals surface area contributed by atoms with Crippen molar-refractivity contribution in [3.8, 4) is 17.1 Å². The van der Waals surface area contributed by atoms with Crippen molar-refractivity contribution in [2.24, 2.45) is 18.9 Å². The third kappa shape index (κ3) is 9.34. The lowest BCUT2D eigenvalue weighted by molar-refractivity contribution is -0.929. The number of quaternary nitrogens is 1. The van der Waals surface area contributed by atoms with Gasteiger partial charge in [0.1, 0.15) is 0 Å². The Bertz CT molecular complexity index is 2570. The number of imidazole rings is 1. The summed E-state index contributed by atoms with van der Waals surface area (Å²) in [7, 11) is 1.39. The van der Waals surface area contributed by atoms with E-state index in [4.69, 9.17) is 11.6 Å². The Kier molecular flexibility index (Phi) is 12.5. The Morgan fingerprint density at radius 2 is 1.75 bits per heavy atom. The maximum atomic E-state index is 14.4. The number of aromatic amines is 1. The number of amides is 3. The predicted molar refractivity (Wildman–Crippen MR) is 226 cm³/mol. The van der Waals surface area contributed by atoms with Gasteiger partial charge in [0.15, 0.2) is 23.9 Å². The molecule has 0 radical (unpaired) electrons. The zero-order valence-electron chi connectivity index (χ0n) is 34.8. The van der Waals surface area contributed by atoms with E-state index >= 15 is 0 Å². The molecular formula is C42H48ClF3N11O7+. The molecule has 18 nitrogen and oxygen atoms in total. The Balaban J connectivity index is 0.890. The third-order valence-corrected chi connectivity index (χ3v) is 12.8. The van der Waals surface area contributed by atoms with Gasteiger partial charge in [-0.3, -0.25) is 14.4 Å². The second kappa shape index (κ2) is 18.0. The van der Waals surface area contributed by atoms with Crippen molar-refractivity contribution < 1.29 is 52.2 Å². The largest absolute Gasteiger partial charge is 0.477 e. The number of carboxylic acids is 1. The number of rotatable bonds is 13. The molecule has 6 N–H and O–H groups in total. The van der Waals surface area contributed by atoms with Gasteiger partial charge in [-0.2, -0.15) is 18.3 Å². The summed E-state index contributed by atoms with van der Waals surface area (Å²) in [5, 5.41) is 38.3. The molecule has 22 heteroatoms. The third-order valence-electron chi connectivity index (χ3n) is 12.4. The number of anilines is 1. The van der Waals surface area contributed by atoms with Gasteiger partial charge in [-0.25, -0.2) is 19.4 Å². The second-order valence-corrected chi connectivity index (χ2v) is 17.3. The first-order chi connectivity index (χ1) is 30.5. The molecule has 64 heavy (non-hydrogen) atoms. The van der Waals surface area contributed by atoms with Gasteiger partial charge in [-0.15, -0.1) is 0 Å². The molecule has 4 aromatic heterocycles. The van der Waals surface area contributed by atoms with Gasteiger partial charge in [-0.1, -0.05) is 11.6 Å². The first kappa shape index (κ1) is 44.7. The van der Waals surface area contributed by atoms with E-state index < -0.39 is 36.5 Å². The summed E-state index contributed by atoms with van der Waals surface area (Å²) in [5.74, 6) is -1.81. The molecule has 0 aliphatic carbocycles. The Morgan fingerprint density at radius 3 is 2.39 bits per heavy atom. The summed E-state index contributed by atoms with van der Waals surface area (Å²) >= 11 is 6.57. The molecule has 5 aromatic rings. The fourth-order valence-corrected chi connectivity index (χ4v) is 9.22. The number of piperidine rings is 1. The van der Waals surface area contributed by atoms with Gasteiger partial charge in [0.05, 0.1) is 71.4 Å². The summed E-state index contributed by atoms with van der Waals surface area (Å²) in [6.07, 6.45) is -2.26. The highest BCUT2D eigenvalue weighted by Gasteiger charge is 2.43. The molecule has 3 aliphatic rings. The van der Waals surface area contributed by atoms with Gasteiger partial charge < -0.3 is 49.8 Å². The van der Waals surface area contributed by atoms with E-state index in [1.165, 1.54) is 35.9 Å². The van der Waals surface area contributed by atoms with Gasteiger partial charge in [0.2, 0.25) is 5.91 Å². The first-order valence-electron chi connectivity index (χ1n) is 20.9. The molecule has 1 atom stereocenters. The number of carbonyl (C=O) groups is 4. The van der Waals surface area contributed by atoms with Crippen LogP contribution in [0.1, 0.15) is 45.2 Å². The number of H-pyrrole nitrogens is 1. The number of fused-ring (bicyclic) bond motifs is 1. The number of carbonyl (C=O) groups excluding carboxylic acids is 3. The number of likely N-dealkylation sites (tertiary alicyclic amines) is 1. The monoisotopic (exact) mass is 910 g/mol. The van der Waals surface area contributed by atoms with Crippen LogP contribution in [-0.2, 0) is 29.2 Å². The normalized spacial score (nSPS) is 20.0. The Labute approximate surface area is 369 Å². The Hall–Kier alpha value is -5.87. The summed E-state index contributed by atoms with van der Waals surface area (Å²) in [5.41, 5.74) is 0.293. The standard InChI is InChI=1S/C42H47ClF3N11O7/c1-53-34(30-20-56(52-37(30)42(44,45)46)35-5-4-32-33(51-35)16-27(49-32)14-28(59)23-58)19-48-38(53)39(62)50-26-2-3-29(31(43)15-26)41(64)55-10-8-54(9-11-55)40(63)25-6-12-57(13-7-25,22-36(60)61)21-24-17-47-18-24/h2-5,15-16,19-20,24-25,28,47,58-59H,6-14,17-18,21-23H2,1H3,(H2-,49,50,51,60,61,62,64)/p+1/t25?,28-,57?/m0/s1. The number of alkyl halides is 3. The topological polar surface area (TPSA) is 224 Å². The first-order valence-corrected chi connectivity index (χ1v) is 21.3. The average Bonchev–Trinajstić information content (AvgIpc) is 3.98. The summed E-state index contributed by atoms with van der Waals surface area (Å²) in [4.78, 5) is 67.3. The van der Waals surface area contributed by atoms with Crippen molar-refractivity contribution >= 4 is 52.0 Å². The molecule has 0 unspecified atom stereocenters. The van der Waals surface area contributed by atoms with E-state index in [0.29, 0.717) is 66.1 Å². The molecule has 3 fully saturated rings. The molecule has 3 amide bonds. The lowest BCUT2D eigenvalue weighted by Gasteiger charge is -2.46. The van der Waals surface area contributed by atoms with Gasteiger partial charge in [0.25, 0.3) is 11.8 Å². The highest BCUT2D eigenvalue weighted by atomic mass is 35.5. The van der Waals surface area contributed by atoms with Crippen LogP contribution in [-0.4, -0.2) is 161 Å². The number of aromatic nitrogens is 6. The molecule has 3 aliphatic heterocycles. The predicted octanol–water partition coefficient (Wildman–Crippen LogP) is 2.78. The fraction of sp³-hybridized carbons (Fsp3) is 0.452. The second-order valence-electron chi connectivity index (χ2n) is 16.9. The number of benzene rings is 1. The number of nitrogens with one attached hydrogen (secondary N) is 3. The lowest BCUT2D eigenvalue weighted by Crippen LogP contribution is -2.62. The van der Waals surface area contributed by atoms with E-state index in [-0.39, 0.29) is 83.0 Å². The quantitative estimate of drug-likeness (QED) is 0.0943. The van der Waals surface area contributed by atoms with E-state index in [9.17, 15) is 47.7 Å². The number of aliphatic carboxylic acids is 1. The molecule has 0 spiro atoms. The van der Waals surface area contributed by atoms with E-state index in [2.05, 4.69) is 30.7 Å². The molecule has 7 heterocycles. The molecule has 0 bridgehead atoms. The van der Waals surface area contributed by atoms with Crippen LogP contribution < -0.4 is 10.6 Å². The number of piperazine rings is 1. The minimum Gasteiger partial charge on any atom is -0.477 e. The molecule has 8 rings (SSSR count). The van der Waals surface area contributed by atoms with Gasteiger partial charge in [-0.05, 0) is 36.4 Å². The average molecular weight is 911 g/mol. The summed E-state index contributed by atoms with van der Waals surface area (Å²) in [6.45, 7) is 4.71. The number of halogens is 4. The number of hydrogen-bond acceptors (Lipinski definition) is 10. The van der Waals surface area contributed by atoms with Crippen LogP contribution >= 0.6 is 11.6 Å². The van der Waals surface area contributed by atoms with Crippen LogP contribution in [0.3, 0.4) is 0 Å². The highest BCUT2D eigenvalue weighted by molar-refractivity contribution is 6.34. The lowest BCUT2D eigenvalue weighted by atomic mass is 9.90. The van der Waals surface area contributed by atoms with Crippen LogP contribution in [0.2, 0.25) is 5.02 Å². The van der Waals surface area contributed by atoms with Crippen molar-refractivity contribution in [1.82, 2.24) is 44.4 Å². The van der Waals surface area contributed by atoms with Crippen LogP contribution in [0, 0.1) is 11.8 Å². The van der Waals surface area contributed by atoms with Crippen LogP contribution in [0.5, 0.6) is 0 Å². The minimum atomic E-state index is -4.89. The summed E-state index contributed by atoms with van der Waals surface area (Å²) < 4.78 is 45.8. The molecule has 0 saturated carbocycles. The molecule has 340 valence electrons. The van der Waals surface area contributed by atoms with Crippen molar-refractivity contribution in [2.75, 3.05) is 77.4 Å². The van der Waals surface area contributed by atoms with E-state index in [1.807, 2.05) is 0 Å². The van der Waals surface area contributed by atoms with Crippen LogP contribution in [0.15, 0.2) is 48.8 Å². The molecule has 1 aromatic carbocycles. The van der Waals surface area contributed by atoms with Gasteiger partial charge >= 0.3 is 12.1 Å². The SMILES string of the molecule is Cn1c(-c2cn(-c3ccc4[nH]c(C[C@H](O)CO)cc4n3)nc2C(F)(F)F)cnc1C(=O)Nc1ccc(C(=O)N2CCN(C(=O)C3CC[N+](CC(=O)O)(CC4CNC4)CC3)CC2)c(Cl)c1. The number of nitrogens with zero attached hydrogens (tertiary/aromatic N) is 8. The number of aliphatic hydroxyl groups is 2. The number of hydrogen-bond donors (Lipinski definition) is 6. The van der Waals surface area contributed by atoms with Crippen molar-refractivity contribution in [3.05, 3.63) is 76.6 Å². The van der Waals surface area contributed by atoms with Crippen molar-refractivity contribution in [1.29, 1.82) is 0 Å². The molecule has 3 saturated heterocycles. The van der Waals surface area contributed by atoms with Gasteiger partial charge in [0, 0.05) is 95.0 Å². The zero-order chi connectivity index (χ0) is 45.5. The number of pyridine rings is 1. The number of carboxylic acid groups (broad SMARTS) is 1.